The quantitative estimate of drug-likeness (QED) is 0.229. The van der Waals surface area contributed by atoms with Crippen LogP contribution >= 0.6 is 0 Å². The first-order valence-electron chi connectivity index (χ1n) is 10.9. The minimum absolute atomic E-state index is 0.00887. The Kier molecular flexibility index (Phi) is 7.01. The van der Waals surface area contributed by atoms with Gasteiger partial charge in [-0.1, -0.05) is 6.07 Å². The van der Waals surface area contributed by atoms with Gasteiger partial charge in [-0.2, -0.15) is 26.3 Å². The third-order valence-electron chi connectivity index (χ3n) is 5.21. The number of nitrogens with one attached hydrogen (secondary N) is 1. The molecule has 0 saturated heterocycles. The number of alkyl halides is 6. The first-order chi connectivity index (χ1) is 17.5. The van der Waals surface area contributed by atoms with Crippen LogP contribution in [0.3, 0.4) is 0 Å². The topological polar surface area (TPSA) is 77.0 Å². The zero-order chi connectivity index (χ0) is 26.8. The van der Waals surface area contributed by atoms with Crippen molar-refractivity contribution in [3.05, 3.63) is 77.7 Å². The monoisotopic (exact) mass is 520 g/mol. The van der Waals surface area contributed by atoms with Crippen molar-refractivity contribution in [2.75, 3.05) is 11.9 Å². The maximum absolute atomic E-state index is 13.5. The molecule has 192 valence electrons. The van der Waals surface area contributed by atoms with E-state index in [0.29, 0.717) is 5.39 Å². The Labute approximate surface area is 206 Å². The first kappa shape index (κ1) is 25.9. The van der Waals surface area contributed by atoms with Crippen LogP contribution < -0.4 is 5.32 Å². The normalized spacial score (nSPS) is 12.0. The molecule has 0 aliphatic rings. The van der Waals surface area contributed by atoms with Crippen LogP contribution in [0.4, 0.5) is 37.8 Å². The van der Waals surface area contributed by atoms with Crippen LogP contribution in [0.1, 0.15) is 23.9 Å². The SMILES string of the molecule is CCOC(=O)Cc1nc(Nc2ccc(C(F)(F)F)cc2)c2ccc(-c3ncccc3C(F)(F)F)cc2n1. The highest BCUT2D eigenvalue weighted by molar-refractivity contribution is 5.93. The molecule has 4 rings (SSSR count). The average molecular weight is 520 g/mol. The Hall–Kier alpha value is -4.22. The van der Waals surface area contributed by atoms with Gasteiger partial charge in [0, 0.05) is 22.8 Å². The molecule has 0 aliphatic carbocycles. The van der Waals surface area contributed by atoms with Crippen LogP contribution in [0.25, 0.3) is 22.2 Å². The molecule has 0 aliphatic heterocycles. The molecule has 0 spiro atoms. The number of anilines is 2. The van der Waals surface area contributed by atoms with Gasteiger partial charge >= 0.3 is 18.3 Å². The minimum atomic E-state index is -4.64. The fourth-order valence-electron chi connectivity index (χ4n) is 3.58. The van der Waals surface area contributed by atoms with E-state index in [-0.39, 0.29) is 47.1 Å². The van der Waals surface area contributed by atoms with Crippen LogP contribution in [0.5, 0.6) is 0 Å². The van der Waals surface area contributed by atoms with Crippen LogP contribution in [-0.2, 0) is 28.3 Å². The number of rotatable bonds is 6. The second-order valence-electron chi connectivity index (χ2n) is 7.80. The van der Waals surface area contributed by atoms with Crippen molar-refractivity contribution in [2.24, 2.45) is 0 Å². The molecule has 1 N–H and O–H groups in total. The zero-order valence-corrected chi connectivity index (χ0v) is 19.1. The third kappa shape index (κ3) is 5.96. The van der Waals surface area contributed by atoms with E-state index < -0.39 is 29.4 Å². The molecule has 0 bridgehead atoms. The summed E-state index contributed by atoms with van der Waals surface area (Å²) >= 11 is 0. The van der Waals surface area contributed by atoms with Gasteiger partial charge in [-0.15, -0.1) is 0 Å². The highest BCUT2D eigenvalue weighted by atomic mass is 19.4. The molecule has 4 aromatic rings. The van der Waals surface area contributed by atoms with Crippen molar-refractivity contribution < 1.29 is 35.9 Å². The van der Waals surface area contributed by atoms with Crippen LogP contribution in [-0.4, -0.2) is 27.5 Å². The number of halogens is 6. The summed E-state index contributed by atoms with van der Waals surface area (Å²) in [7, 11) is 0. The van der Waals surface area contributed by atoms with E-state index in [9.17, 15) is 31.1 Å². The van der Waals surface area contributed by atoms with E-state index >= 15 is 0 Å². The number of ether oxygens (including phenoxy) is 1. The number of fused-ring (bicyclic) bond motifs is 1. The first-order valence-corrected chi connectivity index (χ1v) is 10.9. The van der Waals surface area contributed by atoms with Crippen LogP contribution in [0, 0.1) is 0 Å². The van der Waals surface area contributed by atoms with Gasteiger partial charge in [0.2, 0.25) is 0 Å². The fraction of sp³-hybridized carbons (Fsp3) is 0.200. The van der Waals surface area contributed by atoms with E-state index in [1.54, 1.807) is 6.92 Å². The van der Waals surface area contributed by atoms with Crippen molar-refractivity contribution in [2.45, 2.75) is 25.7 Å². The molecule has 0 radical (unpaired) electrons. The maximum atomic E-state index is 13.5. The Balaban J connectivity index is 1.80. The Morgan fingerprint density at radius 2 is 1.68 bits per heavy atom. The van der Waals surface area contributed by atoms with Gasteiger partial charge in [0.1, 0.15) is 18.1 Å². The smallest absolute Gasteiger partial charge is 0.418 e. The molecule has 0 unspecified atom stereocenters. The molecule has 37 heavy (non-hydrogen) atoms. The standard InChI is InChI=1S/C25H18F6N4O2/c1-2-37-21(36)13-20-34-19-12-14(22-18(25(29,30)31)4-3-11-32-22)5-10-17(19)23(35-20)33-16-8-6-15(7-9-16)24(26,27)28/h3-12H,2,13H2,1H3,(H,33,34,35). The van der Waals surface area contributed by atoms with Gasteiger partial charge in [-0.3, -0.25) is 9.78 Å². The number of hydrogen-bond donors (Lipinski definition) is 1. The lowest BCUT2D eigenvalue weighted by molar-refractivity contribution is -0.142. The number of carbonyl (C=O) groups is 1. The fourth-order valence-corrected chi connectivity index (χ4v) is 3.58. The molecule has 2 heterocycles. The number of nitrogens with zero attached hydrogens (tertiary/aromatic N) is 3. The summed E-state index contributed by atoms with van der Waals surface area (Å²) in [4.78, 5) is 24.5. The van der Waals surface area contributed by atoms with Crippen molar-refractivity contribution >= 4 is 28.4 Å². The number of carbonyl (C=O) groups excluding carboxylic acids is 1. The Bertz CT molecular complexity index is 1440. The summed E-state index contributed by atoms with van der Waals surface area (Å²) in [6.07, 6.45) is -8.25. The number of esters is 1. The number of benzene rings is 2. The highest BCUT2D eigenvalue weighted by Gasteiger charge is 2.34. The average Bonchev–Trinajstić information content (AvgIpc) is 2.83. The predicted molar refractivity (Wildman–Crippen MR) is 123 cm³/mol. The molecular formula is C25H18F6N4O2. The largest absolute Gasteiger partial charge is 0.466 e. The van der Waals surface area contributed by atoms with Gasteiger partial charge in [0.15, 0.2) is 0 Å². The summed E-state index contributed by atoms with van der Waals surface area (Å²) < 4.78 is 84.3. The molecule has 0 saturated carbocycles. The van der Waals surface area contributed by atoms with E-state index in [2.05, 4.69) is 20.3 Å². The second kappa shape index (κ2) is 10.0. The summed E-state index contributed by atoms with van der Waals surface area (Å²) in [6.45, 7) is 1.74. The maximum Gasteiger partial charge on any atom is 0.418 e. The number of hydrogen-bond acceptors (Lipinski definition) is 6. The van der Waals surface area contributed by atoms with E-state index in [4.69, 9.17) is 4.74 Å². The van der Waals surface area contributed by atoms with E-state index in [1.807, 2.05) is 0 Å². The lowest BCUT2D eigenvalue weighted by atomic mass is 10.0. The van der Waals surface area contributed by atoms with Crippen molar-refractivity contribution in [3.63, 3.8) is 0 Å². The molecule has 2 aromatic heterocycles. The third-order valence-corrected chi connectivity index (χ3v) is 5.21. The Morgan fingerprint density at radius 1 is 0.946 bits per heavy atom. The predicted octanol–water partition coefficient (Wildman–Crippen LogP) is 6.58. The summed E-state index contributed by atoms with van der Waals surface area (Å²) in [5.74, 6) is -0.468. The van der Waals surface area contributed by atoms with E-state index in [1.165, 1.54) is 42.6 Å². The summed E-state index contributed by atoms with van der Waals surface area (Å²) in [5, 5.41) is 3.26. The van der Waals surface area contributed by atoms with Crippen molar-refractivity contribution in [3.8, 4) is 11.3 Å². The van der Waals surface area contributed by atoms with Gasteiger partial charge in [0.05, 0.1) is 28.9 Å². The molecule has 12 heteroatoms. The summed E-state index contributed by atoms with van der Waals surface area (Å²) in [6, 6.07) is 10.5. The van der Waals surface area contributed by atoms with Gasteiger partial charge in [-0.05, 0) is 55.5 Å². The molecule has 6 nitrogen and oxygen atoms in total. The molecule has 0 amide bonds. The minimum Gasteiger partial charge on any atom is -0.466 e. The molecule has 0 fully saturated rings. The molecular weight excluding hydrogens is 502 g/mol. The van der Waals surface area contributed by atoms with Crippen molar-refractivity contribution in [1.29, 1.82) is 0 Å². The lowest BCUT2D eigenvalue weighted by Crippen LogP contribution is -2.12. The lowest BCUT2D eigenvalue weighted by Gasteiger charge is -2.14. The van der Waals surface area contributed by atoms with Gasteiger partial charge < -0.3 is 10.1 Å². The van der Waals surface area contributed by atoms with Crippen LogP contribution in [0.2, 0.25) is 0 Å². The Morgan fingerprint density at radius 3 is 2.32 bits per heavy atom. The zero-order valence-electron chi connectivity index (χ0n) is 19.1. The second-order valence-corrected chi connectivity index (χ2v) is 7.80. The number of aromatic nitrogens is 3. The van der Waals surface area contributed by atoms with Gasteiger partial charge in [-0.25, -0.2) is 9.97 Å². The van der Waals surface area contributed by atoms with E-state index in [0.717, 1.165) is 18.2 Å². The number of pyridine rings is 1. The molecule has 0 atom stereocenters. The van der Waals surface area contributed by atoms with Gasteiger partial charge in [0.25, 0.3) is 0 Å². The van der Waals surface area contributed by atoms with Crippen LogP contribution in [0.15, 0.2) is 60.8 Å². The highest BCUT2D eigenvalue weighted by Crippen LogP contribution is 2.37. The van der Waals surface area contributed by atoms with Crippen molar-refractivity contribution in [1.82, 2.24) is 15.0 Å². The summed E-state index contributed by atoms with van der Waals surface area (Å²) in [5.41, 5.74) is -1.49. The molecule has 2 aromatic carbocycles.